The molecule has 0 aliphatic heterocycles. The van der Waals surface area contributed by atoms with Gasteiger partial charge >= 0.3 is 5.91 Å². The van der Waals surface area contributed by atoms with Crippen LogP contribution in [0, 0.1) is 0 Å². The van der Waals surface area contributed by atoms with Crippen molar-refractivity contribution >= 4 is 17.5 Å². The molecule has 0 saturated heterocycles. The maximum atomic E-state index is 12.4. The Morgan fingerprint density at radius 2 is 1.64 bits per heavy atom. The zero-order chi connectivity index (χ0) is 18.5. The van der Waals surface area contributed by atoms with E-state index in [1.165, 1.54) is 0 Å². The summed E-state index contributed by atoms with van der Waals surface area (Å²) in [6.45, 7) is 7.79. The van der Waals surface area contributed by atoms with Crippen LogP contribution in [0.4, 0.5) is 0 Å². The number of carbonyl (C=O) groups excluding carboxylic acids is 2. The molecule has 1 aromatic rings. The normalized spacial score (nSPS) is 11.2. The number of hydrogen-bond acceptors (Lipinski definition) is 3. The van der Waals surface area contributed by atoms with E-state index in [2.05, 4.69) is 24.4 Å². The van der Waals surface area contributed by atoms with Crippen LogP contribution in [0.1, 0.15) is 52.9 Å². The minimum atomic E-state index is -0.211. The highest BCUT2D eigenvalue weighted by molar-refractivity contribution is 6.00. The fourth-order valence-corrected chi connectivity index (χ4v) is 2.33. The number of amides is 2. The number of hydrogen-bond donors (Lipinski definition) is 1. The molecule has 1 aromatic heterocycles. The number of carbonyl (C=O) groups is 2. The van der Waals surface area contributed by atoms with Gasteiger partial charge in [0.25, 0.3) is 0 Å². The molecule has 0 spiro atoms. The summed E-state index contributed by atoms with van der Waals surface area (Å²) >= 11 is 0. The average Bonchev–Trinajstić information content (AvgIpc) is 2.61. The van der Waals surface area contributed by atoms with Gasteiger partial charge in [-0.25, -0.2) is 5.43 Å². The molecule has 6 heteroatoms. The third-order valence-corrected chi connectivity index (χ3v) is 3.80. The molecular weight excluding hydrogens is 316 g/mol. The highest BCUT2D eigenvalue weighted by Crippen LogP contribution is 2.03. The number of rotatable bonds is 11. The number of pyridine rings is 1. The minimum absolute atomic E-state index is 0.0785. The third kappa shape index (κ3) is 8.98. The average molecular weight is 347 g/mol. The molecule has 25 heavy (non-hydrogen) atoms. The summed E-state index contributed by atoms with van der Waals surface area (Å²) in [5.74, 6) is -0.133. The molecule has 1 heterocycles. The van der Waals surface area contributed by atoms with Crippen LogP contribution in [0.3, 0.4) is 0 Å². The van der Waals surface area contributed by atoms with Crippen LogP contribution in [0.2, 0.25) is 0 Å². The van der Waals surface area contributed by atoms with E-state index in [4.69, 9.17) is 0 Å². The summed E-state index contributed by atoms with van der Waals surface area (Å²) in [5.41, 5.74) is 3.14. The van der Waals surface area contributed by atoms with Crippen LogP contribution in [-0.2, 0) is 16.1 Å². The fourth-order valence-electron chi connectivity index (χ4n) is 2.33. The summed E-state index contributed by atoms with van der Waals surface area (Å²) < 4.78 is 1.77. The number of nitrogens with zero attached hydrogens (tertiary/aromatic N) is 3. The van der Waals surface area contributed by atoms with Crippen molar-refractivity contribution in [3.05, 3.63) is 30.6 Å². The van der Waals surface area contributed by atoms with E-state index in [0.717, 1.165) is 38.8 Å². The van der Waals surface area contributed by atoms with Crippen LogP contribution in [0.5, 0.6) is 0 Å². The molecule has 0 fully saturated rings. The van der Waals surface area contributed by atoms with Gasteiger partial charge in [-0.3, -0.25) is 9.59 Å². The molecule has 6 nitrogen and oxygen atoms in total. The number of unbranched alkanes of at least 4 members (excludes halogenated alkanes) is 2. The van der Waals surface area contributed by atoms with Gasteiger partial charge in [-0.1, -0.05) is 32.8 Å². The highest BCUT2D eigenvalue weighted by atomic mass is 16.2. The van der Waals surface area contributed by atoms with Crippen molar-refractivity contribution in [2.75, 3.05) is 13.1 Å². The zero-order valence-corrected chi connectivity index (χ0v) is 15.7. The Labute approximate surface area is 150 Å². The van der Waals surface area contributed by atoms with Gasteiger partial charge in [-0.2, -0.15) is 9.67 Å². The van der Waals surface area contributed by atoms with Crippen molar-refractivity contribution in [2.24, 2.45) is 5.10 Å². The van der Waals surface area contributed by atoms with Crippen LogP contribution < -0.4 is 9.99 Å². The molecule has 2 amide bonds. The van der Waals surface area contributed by atoms with Gasteiger partial charge < -0.3 is 4.90 Å². The SMILES string of the molecule is CCCCN(CCCC)C(=O)C/C(C)=N\NC(=O)C[n+]1ccccc1. The molecule has 0 saturated carbocycles. The third-order valence-electron chi connectivity index (χ3n) is 3.80. The van der Waals surface area contributed by atoms with Gasteiger partial charge in [-0.15, -0.1) is 0 Å². The zero-order valence-electron chi connectivity index (χ0n) is 15.7. The molecule has 1 rings (SSSR count). The van der Waals surface area contributed by atoms with E-state index < -0.39 is 0 Å². The largest absolute Gasteiger partial charge is 0.342 e. The van der Waals surface area contributed by atoms with E-state index in [1.807, 2.05) is 35.5 Å². The highest BCUT2D eigenvalue weighted by Gasteiger charge is 2.14. The van der Waals surface area contributed by atoms with Gasteiger partial charge in [0.05, 0.1) is 6.42 Å². The first-order valence-electron chi connectivity index (χ1n) is 9.10. The Morgan fingerprint density at radius 3 is 2.20 bits per heavy atom. The Bertz CT molecular complexity index is 550. The van der Waals surface area contributed by atoms with Crippen molar-refractivity contribution in [1.82, 2.24) is 10.3 Å². The Kier molecular flexibility index (Phi) is 10.1. The standard InChI is InChI=1S/C19H30N4O2/c1-4-6-13-23(14-7-5-2)19(25)15-17(3)20-21-18(24)16-22-11-9-8-10-12-22/h8-12H,4-7,13-16H2,1-3H3/p+1/b20-17-. The molecule has 0 aliphatic carbocycles. The first-order chi connectivity index (χ1) is 12.1. The Balaban J connectivity index is 2.48. The molecule has 138 valence electrons. The lowest BCUT2D eigenvalue weighted by Gasteiger charge is -2.22. The molecule has 0 aromatic carbocycles. The van der Waals surface area contributed by atoms with Crippen molar-refractivity contribution in [3.63, 3.8) is 0 Å². The number of nitrogens with one attached hydrogen (secondary N) is 1. The molecular formula is C19H31N4O2+. The second-order valence-electron chi connectivity index (χ2n) is 6.19. The second kappa shape index (κ2) is 12.2. The molecule has 0 atom stereocenters. The molecule has 0 bridgehead atoms. The first-order valence-corrected chi connectivity index (χ1v) is 9.10. The Hall–Kier alpha value is -2.24. The molecule has 0 unspecified atom stereocenters. The van der Waals surface area contributed by atoms with E-state index in [0.29, 0.717) is 5.71 Å². The van der Waals surface area contributed by atoms with Crippen LogP contribution in [-0.4, -0.2) is 35.5 Å². The van der Waals surface area contributed by atoms with Crippen molar-refractivity contribution in [3.8, 4) is 0 Å². The minimum Gasteiger partial charge on any atom is -0.342 e. The topological polar surface area (TPSA) is 65.7 Å². The summed E-state index contributed by atoms with van der Waals surface area (Å²) in [7, 11) is 0. The van der Waals surface area contributed by atoms with Gasteiger partial charge in [0.2, 0.25) is 12.5 Å². The van der Waals surface area contributed by atoms with Crippen molar-refractivity contribution in [2.45, 2.75) is 59.4 Å². The van der Waals surface area contributed by atoms with Gasteiger partial charge in [-0.05, 0) is 19.8 Å². The van der Waals surface area contributed by atoms with Gasteiger partial charge in [0.15, 0.2) is 12.4 Å². The summed E-state index contributed by atoms with van der Waals surface area (Å²) in [6, 6.07) is 5.62. The van der Waals surface area contributed by atoms with Crippen molar-refractivity contribution < 1.29 is 14.2 Å². The molecule has 0 aliphatic rings. The smallest absolute Gasteiger partial charge is 0.305 e. The summed E-state index contributed by atoms with van der Waals surface area (Å²) in [5, 5.41) is 4.06. The lowest BCUT2D eigenvalue weighted by molar-refractivity contribution is -0.684. The van der Waals surface area contributed by atoms with E-state index in [-0.39, 0.29) is 24.8 Å². The summed E-state index contributed by atoms with van der Waals surface area (Å²) in [6.07, 6.45) is 8.03. The van der Waals surface area contributed by atoms with Crippen LogP contribution in [0.15, 0.2) is 35.7 Å². The lowest BCUT2D eigenvalue weighted by Crippen LogP contribution is -2.41. The van der Waals surface area contributed by atoms with Gasteiger partial charge in [0.1, 0.15) is 0 Å². The van der Waals surface area contributed by atoms with Crippen LogP contribution in [0.25, 0.3) is 0 Å². The predicted octanol–water partition coefficient (Wildman–Crippen LogP) is 2.29. The monoisotopic (exact) mass is 347 g/mol. The number of hydrazone groups is 1. The first kappa shape index (κ1) is 20.8. The van der Waals surface area contributed by atoms with E-state index >= 15 is 0 Å². The fraction of sp³-hybridized carbons (Fsp3) is 0.579. The number of aromatic nitrogens is 1. The maximum Gasteiger partial charge on any atom is 0.305 e. The second-order valence-corrected chi connectivity index (χ2v) is 6.19. The molecule has 1 N–H and O–H groups in total. The Morgan fingerprint density at radius 1 is 1.04 bits per heavy atom. The van der Waals surface area contributed by atoms with Crippen LogP contribution >= 0.6 is 0 Å². The summed E-state index contributed by atoms with van der Waals surface area (Å²) in [4.78, 5) is 26.2. The van der Waals surface area contributed by atoms with Crippen molar-refractivity contribution in [1.29, 1.82) is 0 Å². The maximum absolute atomic E-state index is 12.4. The van der Waals surface area contributed by atoms with E-state index in [9.17, 15) is 9.59 Å². The predicted molar refractivity (Wildman–Crippen MR) is 98.9 cm³/mol. The van der Waals surface area contributed by atoms with E-state index in [1.54, 1.807) is 11.5 Å². The lowest BCUT2D eigenvalue weighted by atomic mass is 10.2. The quantitative estimate of drug-likeness (QED) is 0.379. The molecule has 0 radical (unpaired) electrons. The van der Waals surface area contributed by atoms with Gasteiger partial charge in [0, 0.05) is 30.9 Å².